The highest BCUT2D eigenvalue weighted by Gasteiger charge is 2.51. The van der Waals surface area contributed by atoms with Gasteiger partial charge in [0.2, 0.25) is 5.91 Å². The second kappa shape index (κ2) is 11.1. The number of carbonyl (C=O) groups is 1. The van der Waals surface area contributed by atoms with Gasteiger partial charge in [0.05, 0.1) is 27.0 Å². The Labute approximate surface area is 235 Å². The molecule has 1 fully saturated rings. The van der Waals surface area contributed by atoms with Crippen molar-refractivity contribution >= 4 is 43.7 Å². The van der Waals surface area contributed by atoms with Gasteiger partial charge < -0.3 is 5.32 Å². The largest absolute Gasteiger partial charge is 0.343 e. The molecule has 1 saturated heterocycles. The molecule has 0 spiro atoms. The third-order valence-corrected chi connectivity index (χ3v) is 10.3. The summed E-state index contributed by atoms with van der Waals surface area (Å²) in [5.41, 5.74) is 3.16. The number of thioether (sulfide) groups is 1. The fourth-order valence-corrected chi connectivity index (χ4v) is 7.99. The Morgan fingerprint density at radius 1 is 0.789 bits per heavy atom. The topological polar surface area (TPSA) is 72.5 Å². The number of β-lactam (4-membered cyclic amide) rings is 1. The molecule has 3 unspecified atom stereocenters. The van der Waals surface area contributed by atoms with Crippen LogP contribution in [-0.2, 0) is 23.8 Å². The summed E-state index contributed by atoms with van der Waals surface area (Å²) in [6, 6.07) is 36.7. The maximum atomic E-state index is 13.0. The maximum absolute atomic E-state index is 13.0. The van der Waals surface area contributed by atoms with Gasteiger partial charge in [-0.25, -0.2) is 0 Å². The molecule has 0 aromatic heterocycles. The van der Waals surface area contributed by atoms with Gasteiger partial charge in [-0.15, -0.1) is 11.8 Å². The molecule has 0 saturated carbocycles. The van der Waals surface area contributed by atoms with Crippen LogP contribution in [0.15, 0.2) is 125 Å². The zero-order valence-corrected chi connectivity index (χ0v) is 23.7. The van der Waals surface area contributed by atoms with E-state index in [1.54, 1.807) is 30.8 Å². The van der Waals surface area contributed by atoms with Crippen LogP contribution >= 0.6 is 27.7 Å². The van der Waals surface area contributed by atoms with E-state index < -0.39 is 32.3 Å². The van der Waals surface area contributed by atoms with Crippen molar-refractivity contribution < 1.29 is 17.4 Å². The molecule has 1 amide bonds. The van der Waals surface area contributed by atoms with Crippen molar-refractivity contribution in [3.63, 3.8) is 0 Å². The summed E-state index contributed by atoms with van der Waals surface area (Å²) in [5.74, 6) is -0.898. The molecule has 1 aliphatic heterocycles. The van der Waals surface area contributed by atoms with E-state index in [0.717, 1.165) is 21.2 Å². The van der Waals surface area contributed by atoms with Crippen LogP contribution in [0.25, 0.3) is 0 Å². The fraction of sp³-hybridized carbons (Fsp3) is 0.167. The minimum atomic E-state index is -4.05. The summed E-state index contributed by atoms with van der Waals surface area (Å²) in [4.78, 5) is 12.9. The first-order valence-electron chi connectivity index (χ1n) is 12.1. The minimum Gasteiger partial charge on any atom is -0.343 e. The van der Waals surface area contributed by atoms with Crippen molar-refractivity contribution in [1.82, 2.24) is 5.32 Å². The van der Waals surface area contributed by atoms with E-state index in [9.17, 15) is 13.2 Å². The first kappa shape index (κ1) is 26.7. The molecule has 194 valence electrons. The van der Waals surface area contributed by atoms with Gasteiger partial charge in [-0.3, -0.25) is 8.98 Å². The highest BCUT2D eigenvalue weighted by molar-refractivity contribution is 9.10. The van der Waals surface area contributed by atoms with E-state index in [4.69, 9.17) is 4.18 Å². The number of hydrogen-bond acceptors (Lipinski definition) is 5. The highest BCUT2D eigenvalue weighted by Crippen LogP contribution is 2.52. The minimum absolute atomic E-state index is 0.0451. The molecule has 8 heteroatoms. The third-order valence-electron chi connectivity index (χ3n) is 6.64. The van der Waals surface area contributed by atoms with E-state index in [1.807, 2.05) is 54.6 Å². The van der Waals surface area contributed by atoms with E-state index in [-0.39, 0.29) is 10.8 Å². The quantitative estimate of drug-likeness (QED) is 0.136. The molecule has 5 nitrogen and oxygen atoms in total. The van der Waals surface area contributed by atoms with Crippen LogP contribution in [0.4, 0.5) is 0 Å². The zero-order chi connectivity index (χ0) is 26.8. The molecule has 0 aliphatic carbocycles. The van der Waals surface area contributed by atoms with E-state index in [2.05, 4.69) is 57.6 Å². The molecular weight excluding hydrogens is 582 g/mol. The Kier molecular flexibility index (Phi) is 7.77. The lowest BCUT2D eigenvalue weighted by Gasteiger charge is -2.45. The van der Waals surface area contributed by atoms with Gasteiger partial charge in [0.15, 0.2) is 0 Å². The van der Waals surface area contributed by atoms with Crippen molar-refractivity contribution in [3.05, 3.63) is 136 Å². The number of rotatable bonds is 9. The normalized spacial score (nSPS) is 18.3. The predicted molar refractivity (Wildman–Crippen MR) is 154 cm³/mol. The van der Waals surface area contributed by atoms with Gasteiger partial charge in [-0.1, -0.05) is 107 Å². The molecule has 1 aliphatic rings. The summed E-state index contributed by atoms with van der Waals surface area (Å²) in [7, 11) is -4.05. The van der Waals surface area contributed by atoms with Gasteiger partial charge >= 0.3 is 0 Å². The first-order valence-corrected chi connectivity index (χ1v) is 15.2. The Morgan fingerprint density at radius 2 is 1.24 bits per heavy atom. The summed E-state index contributed by atoms with van der Waals surface area (Å²) in [6.45, 7) is 1.64. The van der Waals surface area contributed by atoms with E-state index >= 15 is 0 Å². The molecule has 3 atom stereocenters. The lowest BCUT2D eigenvalue weighted by Crippen LogP contribution is -2.62. The molecule has 0 radical (unpaired) electrons. The van der Waals surface area contributed by atoms with Crippen molar-refractivity contribution in [2.24, 2.45) is 5.92 Å². The number of benzene rings is 4. The van der Waals surface area contributed by atoms with Crippen molar-refractivity contribution in [2.45, 2.75) is 28.0 Å². The molecule has 1 heterocycles. The average Bonchev–Trinajstić information content (AvgIpc) is 2.92. The highest BCUT2D eigenvalue weighted by atomic mass is 79.9. The molecule has 4 aromatic rings. The lowest BCUT2D eigenvalue weighted by molar-refractivity contribution is -0.136. The fourth-order valence-electron chi connectivity index (χ4n) is 4.76. The summed E-state index contributed by atoms with van der Waals surface area (Å²) in [5, 5.41) is 2.62. The van der Waals surface area contributed by atoms with Gasteiger partial charge in [0, 0.05) is 4.47 Å². The molecule has 38 heavy (non-hydrogen) atoms. The number of nitrogens with one attached hydrogen (secondary N) is 1. The van der Waals surface area contributed by atoms with Gasteiger partial charge in [0.25, 0.3) is 10.1 Å². The predicted octanol–water partition coefficient (Wildman–Crippen LogP) is 6.34. The number of halogens is 1. The van der Waals surface area contributed by atoms with Crippen LogP contribution in [0.3, 0.4) is 0 Å². The summed E-state index contributed by atoms with van der Waals surface area (Å²) < 4.78 is 31.7. The summed E-state index contributed by atoms with van der Waals surface area (Å²) in [6.07, 6.45) is -0.866. The van der Waals surface area contributed by atoms with Crippen LogP contribution < -0.4 is 5.32 Å². The van der Waals surface area contributed by atoms with Crippen molar-refractivity contribution in [2.75, 3.05) is 0 Å². The number of hydrogen-bond donors (Lipinski definition) is 1. The van der Waals surface area contributed by atoms with Crippen LogP contribution in [0.2, 0.25) is 0 Å². The second-order valence-electron chi connectivity index (χ2n) is 9.06. The lowest BCUT2D eigenvalue weighted by atomic mass is 9.84. The van der Waals surface area contributed by atoms with Crippen LogP contribution in [0.1, 0.15) is 23.6 Å². The standard InChI is InChI=1S/C30H26BrNO4S2/c1-21(36-38(34,35)26-19-17-25(31)18-20-26)27-28(33)32-29(27)37-30(22-11-5-2-6-12-22,23-13-7-3-8-14-23)24-15-9-4-10-16-24/h2-21,27,29H,1H3,(H,32,33). The molecule has 5 rings (SSSR count). The third kappa shape index (κ3) is 5.18. The van der Waals surface area contributed by atoms with E-state index in [1.165, 1.54) is 12.1 Å². The SMILES string of the molecule is CC(OS(=O)(=O)c1ccc(Br)cc1)C1C(=O)NC1SC(c1ccccc1)(c1ccccc1)c1ccccc1. The van der Waals surface area contributed by atoms with Gasteiger partial charge in [-0.2, -0.15) is 8.42 Å². The summed E-state index contributed by atoms with van der Waals surface area (Å²) >= 11 is 4.91. The maximum Gasteiger partial charge on any atom is 0.297 e. The Hall–Kier alpha value is -2.91. The average molecular weight is 609 g/mol. The van der Waals surface area contributed by atoms with Gasteiger partial charge in [-0.05, 0) is 47.9 Å². The zero-order valence-electron chi connectivity index (χ0n) is 20.5. The monoisotopic (exact) mass is 607 g/mol. The number of amides is 1. The molecular formula is C30H26BrNO4S2. The van der Waals surface area contributed by atoms with Crippen molar-refractivity contribution in [3.8, 4) is 0 Å². The first-order chi connectivity index (χ1) is 18.3. The van der Waals surface area contributed by atoms with Crippen LogP contribution in [0.5, 0.6) is 0 Å². The second-order valence-corrected chi connectivity index (χ2v) is 12.9. The van der Waals surface area contributed by atoms with Crippen molar-refractivity contribution in [1.29, 1.82) is 0 Å². The molecule has 4 aromatic carbocycles. The van der Waals surface area contributed by atoms with Crippen LogP contribution in [-0.4, -0.2) is 25.8 Å². The number of carbonyl (C=O) groups excluding carboxylic acids is 1. The Morgan fingerprint density at radius 3 is 1.66 bits per heavy atom. The van der Waals surface area contributed by atoms with Crippen LogP contribution in [0, 0.1) is 5.92 Å². The smallest absolute Gasteiger partial charge is 0.297 e. The molecule has 1 N–H and O–H groups in total. The van der Waals surface area contributed by atoms with E-state index in [0.29, 0.717) is 0 Å². The molecule has 0 bridgehead atoms. The Balaban J connectivity index is 1.52. The Bertz CT molecular complexity index is 1400. The van der Waals surface area contributed by atoms with Gasteiger partial charge in [0.1, 0.15) is 0 Å².